The van der Waals surface area contributed by atoms with Crippen LogP contribution >= 0.6 is 23.1 Å². The Morgan fingerprint density at radius 2 is 2.71 bits per heavy atom. The van der Waals surface area contributed by atoms with Gasteiger partial charge in [-0.3, -0.25) is 0 Å². The van der Waals surface area contributed by atoms with E-state index in [1.54, 1.807) is 23.1 Å². The van der Waals surface area contributed by atoms with E-state index in [0.29, 0.717) is 0 Å². The molecular weight excluding hydrogens is 124 g/mol. The van der Waals surface area contributed by atoms with Gasteiger partial charge in [0.1, 0.15) is 0 Å². The van der Waals surface area contributed by atoms with Crippen LogP contribution in [0.1, 0.15) is 0 Å². The van der Waals surface area contributed by atoms with Gasteiger partial charge in [0.15, 0.2) is 0 Å². The fraction of sp³-hybridized carbons (Fsp3) is 0.200. The van der Waals surface area contributed by atoms with E-state index < -0.39 is 0 Å². The summed E-state index contributed by atoms with van der Waals surface area (Å²) in [5, 5.41) is 4.05. The largest absolute Gasteiger partial charge is 0.151 e. The lowest BCUT2D eigenvalue weighted by molar-refractivity contribution is 1.58. The molecule has 37 valence electrons. The molecule has 0 amide bonds. The summed E-state index contributed by atoms with van der Waals surface area (Å²) in [7, 11) is 0. The smallest absolute Gasteiger partial charge is 0.0255 e. The molecule has 1 rings (SSSR count). The van der Waals surface area contributed by atoms with Gasteiger partial charge >= 0.3 is 0 Å². The molecule has 0 aromatic carbocycles. The first kappa shape index (κ1) is 5.19. The summed E-state index contributed by atoms with van der Waals surface area (Å²) in [6.07, 6.45) is 2.05. The van der Waals surface area contributed by atoms with Gasteiger partial charge in [0.2, 0.25) is 0 Å². The maximum Gasteiger partial charge on any atom is 0.0255 e. The highest BCUT2D eigenvalue weighted by Crippen LogP contribution is 2.15. The molecule has 0 saturated carbocycles. The van der Waals surface area contributed by atoms with Crippen LogP contribution in [0.2, 0.25) is 0 Å². The monoisotopic (exact) mass is 129 g/mol. The van der Waals surface area contributed by atoms with E-state index in [1.807, 2.05) is 5.38 Å². The van der Waals surface area contributed by atoms with Crippen LogP contribution in [0.5, 0.6) is 0 Å². The minimum Gasteiger partial charge on any atom is -0.151 e. The highest BCUT2D eigenvalue weighted by Gasteiger charge is 1.83. The minimum absolute atomic E-state index is 1.24. The standard InChI is InChI=1S/C5H5S2/c1-6-5-2-3-7-4-5/h3-4H,1H3. The minimum atomic E-state index is 1.24. The molecule has 0 unspecified atom stereocenters. The predicted octanol–water partition coefficient (Wildman–Crippen LogP) is 2.27. The van der Waals surface area contributed by atoms with Gasteiger partial charge in [0, 0.05) is 16.3 Å². The quantitative estimate of drug-likeness (QED) is 0.524. The van der Waals surface area contributed by atoms with Crippen molar-refractivity contribution in [2.75, 3.05) is 6.26 Å². The predicted molar refractivity (Wildman–Crippen MR) is 34.9 cm³/mol. The van der Waals surface area contributed by atoms with Crippen LogP contribution in [0.4, 0.5) is 0 Å². The molecule has 0 fully saturated rings. The molecule has 0 aliphatic rings. The van der Waals surface area contributed by atoms with Crippen molar-refractivity contribution in [3.63, 3.8) is 0 Å². The average molecular weight is 129 g/mol. The van der Waals surface area contributed by atoms with Crippen LogP contribution < -0.4 is 0 Å². The van der Waals surface area contributed by atoms with Crippen molar-refractivity contribution in [3.8, 4) is 0 Å². The molecule has 0 N–H and O–H groups in total. The molecule has 0 nitrogen and oxygen atoms in total. The van der Waals surface area contributed by atoms with E-state index in [4.69, 9.17) is 0 Å². The van der Waals surface area contributed by atoms with E-state index in [2.05, 4.69) is 17.7 Å². The summed E-state index contributed by atoms with van der Waals surface area (Å²) in [4.78, 5) is 1.24. The van der Waals surface area contributed by atoms with Crippen molar-refractivity contribution in [3.05, 3.63) is 16.8 Å². The third-order valence-electron chi connectivity index (χ3n) is 0.664. The Bertz CT molecular complexity index is 121. The molecule has 0 aliphatic carbocycles. The maximum absolute atomic E-state index is 3.07. The molecule has 0 bridgehead atoms. The van der Waals surface area contributed by atoms with E-state index in [1.165, 1.54) is 4.90 Å². The van der Waals surface area contributed by atoms with Gasteiger partial charge in [0.25, 0.3) is 0 Å². The molecule has 0 saturated heterocycles. The van der Waals surface area contributed by atoms with Crippen molar-refractivity contribution >= 4 is 23.1 Å². The second-order valence-corrected chi connectivity index (χ2v) is 2.68. The maximum atomic E-state index is 3.07. The van der Waals surface area contributed by atoms with Gasteiger partial charge < -0.3 is 0 Å². The van der Waals surface area contributed by atoms with Gasteiger partial charge in [-0.2, -0.15) is 11.3 Å². The molecule has 1 aromatic rings. The van der Waals surface area contributed by atoms with E-state index >= 15 is 0 Å². The van der Waals surface area contributed by atoms with Crippen molar-refractivity contribution < 1.29 is 0 Å². The first-order valence-corrected chi connectivity index (χ1v) is 4.08. The molecule has 1 heterocycles. The van der Waals surface area contributed by atoms with Crippen molar-refractivity contribution in [1.82, 2.24) is 0 Å². The van der Waals surface area contributed by atoms with Crippen LogP contribution in [0.3, 0.4) is 0 Å². The van der Waals surface area contributed by atoms with Crippen LogP contribution in [-0.2, 0) is 0 Å². The van der Waals surface area contributed by atoms with Gasteiger partial charge in [-0.05, 0) is 11.6 Å². The first-order valence-electron chi connectivity index (χ1n) is 1.91. The van der Waals surface area contributed by atoms with Crippen LogP contribution in [0.25, 0.3) is 0 Å². The summed E-state index contributed by atoms with van der Waals surface area (Å²) < 4.78 is 0. The lowest BCUT2D eigenvalue weighted by Crippen LogP contribution is -1.51. The van der Waals surface area contributed by atoms with Gasteiger partial charge in [-0.15, -0.1) is 11.8 Å². The molecule has 0 atom stereocenters. The topological polar surface area (TPSA) is 0 Å². The number of hydrogen-bond donors (Lipinski definition) is 0. The van der Waals surface area contributed by atoms with Gasteiger partial charge in [-0.25, -0.2) is 0 Å². The molecular formula is C5H5S2. The van der Waals surface area contributed by atoms with Crippen molar-refractivity contribution in [2.24, 2.45) is 0 Å². The molecule has 1 aromatic heterocycles. The second kappa shape index (κ2) is 2.38. The molecule has 7 heavy (non-hydrogen) atoms. The Hall–Kier alpha value is 0.0500. The number of hydrogen-bond acceptors (Lipinski definition) is 2. The zero-order valence-electron chi connectivity index (χ0n) is 3.97. The van der Waals surface area contributed by atoms with Crippen LogP contribution in [0, 0.1) is 6.07 Å². The Morgan fingerprint density at radius 3 is 3.00 bits per heavy atom. The van der Waals surface area contributed by atoms with Crippen LogP contribution in [0.15, 0.2) is 15.7 Å². The zero-order chi connectivity index (χ0) is 5.11. The lowest BCUT2D eigenvalue weighted by Gasteiger charge is -1.78. The van der Waals surface area contributed by atoms with E-state index in [9.17, 15) is 0 Å². The molecule has 0 spiro atoms. The van der Waals surface area contributed by atoms with Gasteiger partial charge in [0.05, 0.1) is 0 Å². The Kier molecular flexibility index (Phi) is 1.77. The Balaban J connectivity index is 2.76. The SMILES string of the molecule is CSc1[c]csc1. The highest BCUT2D eigenvalue weighted by molar-refractivity contribution is 7.98. The van der Waals surface area contributed by atoms with Crippen LogP contribution in [-0.4, -0.2) is 6.26 Å². The summed E-state index contributed by atoms with van der Waals surface area (Å²) in [6.45, 7) is 0. The third kappa shape index (κ3) is 1.21. The van der Waals surface area contributed by atoms with E-state index in [0.717, 1.165) is 0 Å². The molecule has 1 radical (unpaired) electrons. The number of thiophene rings is 1. The average Bonchev–Trinajstić information content (AvgIpc) is 2.14. The zero-order valence-corrected chi connectivity index (χ0v) is 5.60. The molecule has 0 aliphatic heterocycles. The first-order chi connectivity index (χ1) is 3.43. The summed E-state index contributed by atoms with van der Waals surface area (Å²) in [5.74, 6) is 0. The summed E-state index contributed by atoms with van der Waals surface area (Å²) in [5.41, 5.74) is 0. The van der Waals surface area contributed by atoms with Gasteiger partial charge in [-0.1, -0.05) is 0 Å². The Morgan fingerprint density at radius 1 is 1.86 bits per heavy atom. The fourth-order valence-corrected chi connectivity index (χ4v) is 1.59. The fourth-order valence-electron chi connectivity index (χ4n) is 0.329. The number of thioether (sulfide) groups is 1. The number of rotatable bonds is 1. The third-order valence-corrected chi connectivity index (χ3v) is 2.11. The normalized spacial score (nSPS) is 9.29. The highest BCUT2D eigenvalue weighted by atomic mass is 32.2. The summed E-state index contributed by atoms with van der Waals surface area (Å²) >= 11 is 3.42. The molecule has 2 heteroatoms. The Labute approximate surface area is 51.6 Å². The van der Waals surface area contributed by atoms with Crippen molar-refractivity contribution in [1.29, 1.82) is 0 Å². The van der Waals surface area contributed by atoms with Crippen molar-refractivity contribution in [2.45, 2.75) is 4.90 Å². The lowest BCUT2D eigenvalue weighted by atomic mass is 10.7. The van der Waals surface area contributed by atoms with E-state index in [-0.39, 0.29) is 0 Å². The second-order valence-electron chi connectivity index (χ2n) is 1.08. The summed E-state index contributed by atoms with van der Waals surface area (Å²) in [6, 6.07) is 3.07.